The summed E-state index contributed by atoms with van der Waals surface area (Å²) in [7, 11) is 0. The van der Waals surface area contributed by atoms with Gasteiger partial charge in [0.1, 0.15) is 11.0 Å². The van der Waals surface area contributed by atoms with Gasteiger partial charge in [-0.05, 0) is 82.3 Å². The van der Waals surface area contributed by atoms with Gasteiger partial charge in [-0.1, -0.05) is 133 Å². The molecule has 0 aliphatic heterocycles. The lowest BCUT2D eigenvalue weighted by atomic mass is 9.86. The molecule has 6 heteroatoms. The van der Waals surface area contributed by atoms with Crippen molar-refractivity contribution in [1.29, 1.82) is 0 Å². The summed E-state index contributed by atoms with van der Waals surface area (Å²) >= 11 is 1.22. The van der Waals surface area contributed by atoms with E-state index in [2.05, 4.69) is 184 Å². The SMILES string of the molecule is Cc1c2nccnc2c(-c2ccc(N(c3ccccc3)c3ccc(C(=C(c4ccccc4)c4ccccc4)c4ccccc4)cc3)cc2)c2nsnc12. The van der Waals surface area contributed by atoms with E-state index in [9.17, 15) is 0 Å². The number of para-hydroxylation sites is 1. The number of rotatable bonds is 8. The highest BCUT2D eigenvalue weighted by Crippen LogP contribution is 2.41. The predicted molar refractivity (Wildman–Crippen MR) is 220 cm³/mol. The number of nitrogens with zero attached hydrogens (tertiary/aromatic N) is 5. The standard InChI is InChI=1S/C47H33N5S/c1-32-44-46(49-31-30-48-44)43(47-45(32)50-53-51-47)37-24-28-40(29-25-37)52(38-20-12-5-13-21-38)39-26-22-36(23-27-39)42(35-18-10-4-11-19-35)41(33-14-6-2-7-15-33)34-16-8-3-9-17-34/h2-31H,1H3. The van der Waals surface area contributed by atoms with Crippen molar-refractivity contribution < 1.29 is 0 Å². The Morgan fingerprint density at radius 3 is 1.36 bits per heavy atom. The molecule has 9 aromatic rings. The van der Waals surface area contributed by atoms with Crippen LogP contribution in [0.25, 0.3) is 44.3 Å². The quantitative estimate of drug-likeness (QED) is 0.148. The van der Waals surface area contributed by atoms with Crippen LogP contribution < -0.4 is 4.90 Å². The van der Waals surface area contributed by atoms with Gasteiger partial charge in [-0.15, -0.1) is 0 Å². The zero-order chi connectivity index (χ0) is 35.6. The van der Waals surface area contributed by atoms with E-state index in [1.165, 1.54) is 34.0 Å². The highest BCUT2D eigenvalue weighted by atomic mass is 32.1. The first-order valence-corrected chi connectivity index (χ1v) is 18.3. The molecule has 0 N–H and O–H groups in total. The van der Waals surface area contributed by atoms with Crippen LogP contribution in [0.15, 0.2) is 182 Å². The lowest BCUT2D eigenvalue weighted by Gasteiger charge is -2.26. The van der Waals surface area contributed by atoms with E-state index in [1.54, 1.807) is 12.4 Å². The van der Waals surface area contributed by atoms with Gasteiger partial charge in [-0.25, -0.2) is 0 Å². The number of aromatic nitrogens is 4. The highest BCUT2D eigenvalue weighted by Gasteiger charge is 2.21. The molecule has 0 bridgehead atoms. The second kappa shape index (κ2) is 14.1. The van der Waals surface area contributed by atoms with Crippen LogP contribution in [0.3, 0.4) is 0 Å². The Labute approximate surface area is 312 Å². The van der Waals surface area contributed by atoms with Gasteiger partial charge in [0.05, 0.1) is 22.8 Å². The van der Waals surface area contributed by atoms with E-state index in [1.807, 2.05) is 6.92 Å². The smallest absolute Gasteiger partial charge is 0.115 e. The largest absolute Gasteiger partial charge is 0.311 e. The normalized spacial score (nSPS) is 11.1. The summed E-state index contributed by atoms with van der Waals surface area (Å²) in [6.07, 6.45) is 3.48. The van der Waals surface area contributed by atoms with Crippen LogP contribution in [0.2, 0.25) is 0 Å². The molecule has 0 fully saturated rings. The third-order valence-electron chi connectivity index (χ3n) is 9.65. The first-order chi connectivity index (χ1) is 26.2. The van der Waals surface area contributed by atoms with Crippen LogP contribution in [0.5, 0.6) is 0 Å². The summed E-state index contributed by atoms with van der Waals surface area (Å²) in [5.74, 6) is 0. The van der Waals surface area contributed by atoms with Crippen molar-refractivity contribution in [2.24, 2.45) is 0 Å². The maximum atomic E-state index is 4.76. The van der Waals surface area contributed by atoms with Crippen LogP contribution in [0.4, 0.5) is 17.1 Å². The molecule has 0 amide bonds. The molecular formula is C47H33N5S. The van der Waals surface area contributed by atoms with Crippen molar-refractivity contribution in [3.63, 3.8) is 0 Å². The van der Waals surface area contributed by atoms with Crippen LogP contribution in [0.1, 0.15) is 27.8 Å². The van der Waals surface area contributed by atoms with Gasteiger partial charge in [-0.2, -0.15) is 8.75 Å². The first-order valence-electron chi connectivity index (χ1n) is 17.6. The fourth-order valence-corrected chi connectivity index (χ4v) is 7.80. The lowest BCUT2D eigenvalue weighted by molar-refractivity contribution is 1.27. The average Bonchev–Trinajstić information content (AvgIpc) is 3.73. The predicted octanol–water partition coefficient (Wildman–Crippen LogP) is 12.1. The van der Waals surface area contributed by atoms with Crippen LogP contribution >= 0.6 is 11.7 Å². The summed E-state index contributed by atoms with van der Waals surface area (Å²) in [6, 6.07) is 60.1. The minimum atomic E-state index is 0.834. The number of benzene rings is 7. The van der Waals surface area contributed by atoms with E-state index in [-0.39, 0.29) is 0 Å². The molecule has 0 atom stereocenters. The monoisotopic (exact) mass is 699 g/mol. The molecule has 0 saturated carbocycles. The van der Waals surface area contributed by atoms with Crippen molar-refractivity contribution in [2.45, 2.75) is 6.92 Å². The third-order valence-corrected chi connectivity index (χ3v) is 10.2. The van der Waals surface area contributed by atoms with Gasteiger partial charge in [0.25, 0.3) is 0 Å². The molecule has 9 rings (SSSR count). The van der Waals surface area contributed by atoms with E-state index < -0.39 is 0 Å². The molecule has 2 heterocycles. The molecule has 7 aromatic carbocycles. The van der Waals surface area contributed by atoms with Gasteiger partial charge < -0.3 is 4.90 Å². The van der Waals surface area contributed by atoms with E-state index in [4.69, 9.17) is 9.36 Å². The minimum Gasteiger partial charge on any atom is -0.311 e. The summed E-state index contributed by atoms with van der Waals surface area (Å²) < 4.78 is 9.32. The highest BCUT2D eigenvalue weighted by molar-refractivity contribution is 7.00. The van der Waals surface area contributed by atoms with Crippen LogP contribution in [-0.4, -0.2) is 18.7 Å². The number of anilines is 3. The molecule has 0 saturated heterocycles. The molecule has 0 aliphatic carbocycles. The van der Waals surface area contributed by atoms with Crippen molar-refractivity contribution >= 4 is 62.0 Å². The summed E-state index contributed by atoms with van der Waals surface area (Å²) in [5, 5.41) is 0. The van der Waals surface area contributed by atoms with Gasteiger partial charge in [-0.3, -0.25) is 9.97 Å². The summed E-state index contributed by atoms with van der Waals surface area (Å²) in [4.78, 5) is 11.7. The maximum Gasteiger partial charge on any atom is 0.115 e. The van der Waals surface area contributed by atoms with Crippen molar-refractivity contribution in [3.8, 4) is 11.1 Å². The Kier molecular flexibility index (Phi) is 8.56. The zero-order valence-electron chi connectivity index (χ0n) is 29.0. The topological polar surface area (TPSA) is 54.8 Å². The molecule has 5 nitrogen and oxygen atoms in total. The first kappa shape index (κ1) is 32.2. The van der Waals surface area contributed by atoms with E-state index in [0.29, 0.717) is 0 Å². The number of hydrogen-bond acceptors (Lipinski definition) is 6. The Morgan fingerprint density at radius 1 is 0.415 bits per heavy atom. The van der Waals surface area contributed by atoms with Crippen LogP contribution in [0, 0.1) is 6.92 Å². The zero-order valence-corrected chi connectivity index (χ0v) is 29.8. The molecule has 0 radical (unpaired) electrons. The fraction of sp³-hybridized carbons (Fsp3) is 0.0213. The lowest BCUT2D eigenvalue weighted by Crippen LogP contribution is -2.10. The van der Waals surface area contributed by atoms with Crippen molar-refractivity contribution in [1.82, 2.24) is 18.7 Å². The van der Waals surface area contributed by atoms with Crippen molar-refractivity contribution in [3.05, 3.63) is 210 Å². The molecule has 0 unspecified atom stereocenters. The Hall–Kier alpha value is -6.76. The van der Waals surface area contributed by atoms with E-state index in [0.717, 1.165) is 66.9 Å². The van der Waals surface area contributed by atoms with Gasteiger partial charge in [0.15, 0.2) is 0 Å². The second-order valence-corrected chi connectivity index (χ2v) is 13.4. The van der Waals surface area contributed by atoms with Gasteiger partial charge in [0, 0.05) is 40.6 Å². The number of aryl methyl sites for hydroxylation is 1. The average molecular weight is 700 g/mol. The fourth-order valence-electron chi connectivity index (χ4n) is 7.20. The second-order valence-electron chi connectivity index (χ2n) is 12.8. The maximum absolute atomic E-state index is 4.76. The summed E-state index contributed by atoms with van der Waals surface area (Å²) in [5.41, 5.74) is 16.6. The third kappa shape index (κ3) is 6.05. The Morgan fingerprint density at radius 2 is 0.830 bits per heavy atom. The Balaban J connectivity index is 1.17. The number of hydrogen-bond donors (Lipinski definition) is 0. The molecule has 0 spiro atoms. The number of fused-ring (bicyclic) bond motifs is 2. The molecule has 252 valence electrons. The molecule has 2 aromatic heterocycles. The van der Waals surface area contributed by atoms with Gasteiger partial charge in [0.2, 0.25) is 0 Å². The van der Waals surface area contributed by atoms with E-state index >= 15 is 0 Å². The Bertz CT molecular complexity index is 2650. The van der Waals surface area contributed by atoms with Gasteiger partial charge >= 0.3 is 0 Å². The molecule has 0 aliphatic rings. The molecule has 53 heavy (non-hydrogen) atoms. The summed E-state index contributed by atoms with van der Waals surface area (Å²) in [6.45, 7) is 2.04. The van der Waals surface area contributed by atoms with Crippen LogP contribution in [-0.2, 0) is 0 Å². The van der Waals surface area contributed by atoms with Crippen molar-refractivity contribution in [2.75, 3.05) is 4.90 Å². The minimum absolute atomic E-state index is 0.834. The molecular weight excluding hydrogens is 667 g/mol.